The molecular formula is C9H12BrNO2. The van der Waals surface area contributed by atoms with Gasteiger partial charge in [0.2, 0.25) is 0 Å². The normalized spacial score (nSPS) is 10.5. The molecule has 0 radical (unpaired) electrons. The van der Waals surface area contributed by atoms with E-state index in [0.717, 1.165) is 16.7 Å². The summed E-state index contributed by atoms with van der Waals surface area (Å²) in [6.07, 6.45) is 0. The van der Waals surface area contributed by atoms with Gasteiger partial charge in [0.1, 0.15) is 5.75 Å². The molecule has 0 unspecified atom stereocenters. The van der Waals surface area contributed by atoms with Crippen LogP contribution in [0.15, 0.2) is 10.5 Å². The van der Waals surface area contributed by atoms with Gasteiger partial charge >= 0.3 is 0 Å². The number of rotatable bonds is 2. The molecule has 1 aromatic carbocycles. The van der Waals surface area contributed by atoms with Gasteiger partial charge in [0.25, 0.3) is 0 Å². The highest BCUT2D eigenvalue weighted by Gasteiger charge is 2.11. The van der Waals surface area contributed by atoms with Gasteiger partial charge in [-0.1, -0.05) is 6.07 Å². The minimum absolute atomic E-state index is 0.211. The summed E-state index contributed by atoms with van der Waals surface area (Å²) in [4.78, 5) is 4.50. The van der Waals surface area contributed by atoms with Gasteiger partial charge in [0.05, 0.1) is 11.1 Å². The van der Waals surface area contributed by atoms with Gasteiger partial charge in [0, 0.05) is 5.56 Å². The van der Waals surface area contributed by atoms with E-state index < -0.39 is 0 Å². The molecule has 0 heterocycles. The standard InChI is InChI=1S/C9H12BrNO2/c1-5-3-6(2)8(10)9(12)7(5)4-13-11/h3,12H,4,11H2,1-2H3. The van der Waals surface area contributed by atoms with Crippen LogP contribution in [0.1, 0.15) is 16.7 Å². The summed E-state index contributed by atoms with van der Waals surface area (Å²) in [5.74, 6) is 5.17. The van der Waals surface area contributed by atoms with Crippen molar-refractivity contribution in [2.24, 2.45) is 5.90 Å². The molecule has 3 nitrogen and oxygen atoms in total. The van der Waals surface area contributed by atoms with Crippen molar-refractivity contribution >= 4 is 15.9 Å². The molecule has 0 atom stereocenters. The first kappa shape index (κ1) is 10.5. The van der Waals surface area contributed by atoms with Gasteiger partial charge < -0.3 is 5.11 Å². The average molecular weight is 246 g/mol. The number of phenolic OH excluding ortho intramolecular Hbond substituents is 1. The fourth-order valence-corrected chi connectivity index (χ4v) is 1.60. The second-order valence-electron chi connectivity index (χ2n) is 2.96. The molecule has 0 bridgehead atoms. The largest absolute Gasteiger partial charge is 0.506 e. The zero-order valence-corrected chi connectivity index (χ0v) is 9.18. The molecule has 13 heavy (non-hydrogen) atoms. The van der Waals surface area contributed by atoms with Crippen molar-refractivity contribution in [3.05, 3.63) is 27.2 Å². The fraction of sp³-hybridized carbons (Fsp3) is 0.333. The van der Waals surface area contributed by atoms with Gasteiger partial charge in [0.15, 0.2) is 0 Å². The molecular weight excluding hydrogens is 234 g/mol. The summed E-state index contributed by atoms with van der Waals surface area (Å²) in [6.45, 7) is 4.05. The van der Waals surface area contributed by atoms with Crippen LogP contribution in [0, 0.1) is 13.8 Å². The zero-order valence-electron chi connectivity index (χ0n) is 7.60. The Morgan fingerprint density at radius 2 is 2.08 bits per heavy atom. The first-order chi connectivity index (χ1) is 6.07. The molecule has 0 aliphatic carbocycles. The van der Waals surface area contributed by atoms with Crippen molar-refractivity contribution in [2.45, 2.75) is 20.5 Å². The molecule has 1 aromatic rings. The van der Waals surface area contributed by atoms with Crippen LogP contribution >= 0.6 is 15.9 Å². The fourth-order valence-electron chi connectivity index (χ4n) is 1.25. The van der Waals surface area contributed by atoms with Crippen LogP contribution in [-0.2, 0) is 11.4 Å². The molecule has 0 aliphatic rings. The molecule has 1 rings (SSSR count). The quantitative estimate of drug-likeness (QED) is 0.786. The third-order valence-corrected chi connectivity index (χ3v) is 2.98. The monoisotopic (exact) mass is 245 g/mol. The lowest BCUT2D eigenvalue weighted by Gasteiger charge is -2.10. The number of nitrogens with two attached hydrogens (primary N) is 1. The van der Waals surface area contributed by atoms with E-state index in [1.165, 1.54) is 0 Å². The van der Waals surface area contributed by atoms with Gasteiger partial charge in [-0.2, -0.15) is 0 Å². The molecule has 0 amide bonds. The van der Waals surface area contributed by atoms with E-state index in [1.54, 1.807) is 0 Å². The zero-order chi connectivity index (χ0) is 10.0. The predicted molar refractivity (Wildman–Crippen MR) is 54.3 cm³/mol. The van der Waals surface area contributed by atoms with E-state index in [1.807, 2.05) is 19.9 Å². The predicted octanol–water partition coefficient (Wildman–Crippen LogP) is 2.16. The van der Waals surface area contributed by atoms with E-state index in [-0.39, 0.29) is 12.4 Å². The summed E-state index contributed by atoms with van der Waals surface area (Å²) in [7, 11) is 0. The first-order valence-electron chi connectivity index (χ1n) is 3.87. The molecule has 0 aliphatic heterocycles. The van der Waals surface area contributed by atoms with E-state index in [0.29, 0.717) is 4.47 Å². The smallest absolute Gasteiger partial charge is 0.135 e. The lowest BCUT2D eigenvalue weighted by atomic mass is 10.1. The highest BCUT2D eigenvalue weighted by molar-refractivity contribution is 9.10. The molecule has 0 aromatic heterocycles. The molecule has 3 N–H and O–H groups in total. The Balaban J connectivity index is 3.26. The van der Waals surface area contributed by atoms with Crippen LogP contribution in [0.2, 0.25) is 0 Å². The summed E-state index contributed by atoms with van der Waals surface area (Å²) in [5.41, 5.74) is 2.69. The van der Waals surface area contributed by atoms with Crippen molar-refractivity contribution in [1.29, 1.82) is 0 Å². The molecule has 4 heteroatoms. The van der Waals surface area contributed by atoms with Gasteiger partial charge in [-0.25, -0.2) is 5.90 Å². The highest BCUT2D eigenvalue weighted by Crippen LogP contribution is 2.33. The number of aromatic hydroxyl groups is 1. The summed E-state index contributed by atoms with van der Waals surface area (Å²) in [5, 5.41) is 9.71. The number of hydrogen-bond acceptors (Lipinski definition) is 3. The Kier molecular flexibility index (Phi) is 3.30. The Morgan fingerprint density at radius 1 is 1.46 bits per heavy atom. The minimum atomic E-state index is 0.211. The maximum atomic E-state index is 9.71. The topological polar surface area (TPSA) is 55.5 Å². The van der Waals surface area contributed by atoms with Crippen LogP contribution in [0.25, 0.3) is 0 Å². The van der Waals surface area contributed by atoms with Gasteiger partial charge in [-0.05, 0) is 40.9 Å². The Labute approximate surface area is 85.6 Å². The Bertz CT molecular complexity index is 326. The molecule has 0 saturated heterocycles. The number of benzene rings is 1. The van der Waals surface area contributed by atoms with Crippen molar-refractivity contribution in [3.8, 4) is 5.75 Å². The first-order valence-corrected chi connectivity index (χ1v) is 4.66. The lowest BCUT2D eigenvalue weighted by Crippen LogP contribution is -2.02. The van der Waals surface area contributed by atoms with Crippen molar-refractivity contribution in [3.63, 3.8) is 0 Å². The Morgan fingerprint density at radius 3 is 2.62 bits per heavy atom. The van der Waals surface area contributed by atoms with E-state index in [4.69, 9.17) is 5.90 Å². The summed E-state index contributed by atoms with van der Waals surface area (Å²) >= 11 is 3.29. The molecule has 72 valence electrons. The number of phenols is 1. The van der Waals surface area contributed by atoms with Crippen molar-refractivity contribution in [1.82, 2.24) is 0 Å². The molecule has 0 spiro atoms. The van der Waals surface area contributed by atoms with Crippen LogP contribution in [0.3, 0.4) is 0 Å². The summed E-state index contributed by atoms with van der Waals surface area (Å²) < 4.78 is 0.699. The second kappa shape index (κ2) is 4.09. The third kappa shape index (κ3) is 2.02. The van der Waals surface area contributed by atoms with Crippen LogP contribution in [0.5, 0.6) is 5.75 Å². The second-order valence-corrected chi connectivity index (χ2v) is 3.76. The SMILES string of the molecule is Cc1cc(C)c(CON)c(O)c1Br. The lowest BCUT2D eigenvalue weighted by molar-refractivity contribution is 0.121. The average Bonchev–Trinajstić information content (AvgIpc) is 2.09. The van der Waals surface area contributed by atoms with Crippen molar-refractivity contribution in [2.75, 3.05) is 0 Å². The minimum Gasteiger partial charge on any atom is -0.506 e. The van der Waals surface area contributed by atoms with Crippen LogP contribution in [0.4, 0.5) is 0 Å². The number of hydrogen-bond donors (Lipinski definition) is 2. The Hall–Kier alpha value is -0.580. The maximum Gasteiger partial charge on any atom is 0.135 e. The van der Waals surface area contributed by atoms with E-state index in [9.17, 15) is 5.11 Å². The third-order valence-electron chi connectivity index (χ3n) is 1.98. The number of aryl methyl sites for hydroxylation is 2. The van der Waals surface area contributed by atoms with Crippen LogP contribution < -0.4 is 5.90 Å². The number of halogens is 1. The van der Waals surface area contributed by atoms with Gasteiger partial charge in [-0.3, -0.25) is 4.84 Å². The summed E-state index contributed by atoms with van der Waals surface area (Å²) in [6, 6.07) is 1.97. The van der Waals surface area contributed by atoms with E-state index in [2.05, 4.69) is 20.8 Å². The highest BCUT2D eigenvalue weighted by atomic mass is 79.9. The molecule has 0 saturated carbocycles. The van der Waals surface area contributed by atoms with Crippen molar-refractivity contribution < 1.29 is 9.94 Å². The maximum absolute atomic E-state index is 9.71. The van der Waals surface area contributed by atoms with E-state index >= 15 is 0 Å². The molecule has 0 fully saturated rings. The van der Waals surface area contributed by atoms with Gasteiger partial charge in [-0.15, -0.1) is 0 Å². The van der Waals surface area contributed by atoms with Crippen LogP contribution in [-0.4, -0.2) is 5.11 Å².